The lowest BCUT2D eigenvalue weighted by Gasteiger charge is -2.03. The van der Waals surface area contributed by atoms with Gasteiger partial charge in [-0.15, -0.1) is 11.3 Å². The van der Waals surface area contributed by atoms with Gasteiger partial charge in [0.2, 0.25) is 5.91 Å². The molecule has 3 rings (SSSR count). The zero-order valence-electron chi connectivity index (χ0n) is 12.2. The van der Waals surface area contributed by atoms with E-state index in [4.69, 9.17) is 0 Å². The van der Waals surface area contributed by atoms with E-state index in [1.54, 1.807) is 11.3 Å². The monoisotopic (exact) mass is 303 g/mol. The molecule has 2 heterocycles. The zero-order valence-corrected chi connectivity index (χ0v) is 13.0. The Morgan fingerprint density at radius 2 is 2.05 bits per heavy atom. The van der Waals surface area contributed by atoms with Crippen LogP contribution in [0.25, 0.3) is 0 Å². The van der Waals surface area contributed by atoms with Crippen LogP contribution < -0.4 is 5.32 Å². The van der Waals surface area contributed by atoms with Crippen molar-refractivity contribution in [1.29, 1.82) is 0 Å². The topological polar surface area (TPSA) is 46.9 Å². The van der Waals surface area contributed by atoms with Gasteiger partial charge in [-0.1, -0.05) is 6.42 Å². The van der Waals surface area contributed by atoms with Gasteiger partial charge in [0.05, 0.1) is 5.69 Å². The molecule has 1 aliphatic carbocycles. The largest absolute Gasteiger partial charge is 0.354 e. The molecule has 0 radical (unpaired) electrons. The quantitative estimate of drug-likeness (QED) is 0.857. The van der Waals surface area contributed by atoms with Crippen molar-refractivity contribution in [2.75, 3.05) is 5.32 Å². The summed E-state index contributed by atoms with van der Waals surface area (Å²) in [6.45, 7) is 0.884. The number of hydrogen-bond donors (Lipinski definition) is 1. The van der Waals surface area contributed by atoms with Gasteiger partial charge in [0.15, 0.2) is 5.13 Å². The molecular formula is C16H21N3OS. The number of carbonyl (C=O) groups excluding carboxylic acids is 1. The first kappa shape index (κ1) is 14.3. The van der Waals surface area contributed by atoms with Crippen molar-refractivity contribution < 1.29 is 4.79 Å². The average Bonchev–Trinajstić information content (AvgIpc) is 3.05. The molecule has 0 bridgehead atoms. The first-order chi connectivity index (χ1) is 10.3. The maximum atomic E-state index is 12.0. The Morgan fingerprint density at radius 3 is 2.90 bits per heavy atom. The van der Waals surface area contributed by atoms with Gasteiger partial charge in [0, 0.05) is 30.2 Å². The van der Waals surface area contributed by atoms with E-state index in [2.05, 4.69) is 14.9 Å². The Hall–Kier alpha value is -1.62. The molecule has 1 aliphatic rings. The number of nitrogens with zero attached hydrogens (tertiary/aromatic N) is 2. The Morgan fingerprint density at radius 1 is 1.24 bits per heavy atom. The van der Waals surface area contributed by atoms with E-state index < -0.39 is 0 Å². The molecule has 0 unspecified atom stereocenters. The van der Waals surface area contributed by atoms with Crippen molar-refractivity contribution in [3.05, 3.63) is 35.1 Å². The van der Waals surface area contributed by atoms with Crippen molar-refractivity contribution in [2.24, 2.45) is 0 Å². The number of amides is 1. The number of carbonyl (C=O) groups is 1. The summed E-state index contributed by atoms with van der Waals surface area (Å²) in [5.41, 5.74) is 1.21. The number of thiazole rings is 1. The molecule has 1 amide bonds. The number of aryl methyl sites for hydroxylation is 3. The first-order valence-corrected chi connectivity index (χ1v) is 8.52. The highest BCUT2D eigenvalue weighted by Gasteiger charge is 2.15. The fraction of sp³-hybridized carbons (Fsp3) is 0.500. The fourth-order valence-electron chi connectivity index (χ4n) is 2.71. The van der Waals surface area contributed by atoms with Crippen LogP contribution in [0.3, 0.4) is 0 Å². The molecule has 0 saturated heterocycles. The minimum Gasteiger partial charge on any atom is -0.354 e. The molecule has 21 heavy (non-hydrogen) atoms. The smallest absolute Gasteiger partial charge is 0.226 e. The van der Waals surface area contributed by atoms with E-state index in [0.29, 0.717) is 6.42 Å². The summed E-state index contributed by atoms with van der Waals surface area (Å²) in [6.07, 6.45) is 11.4. The van der Waals surface area contributed by atoms with Crippen LogP contribution in [-0.4, -0.2) is 15.5 Å². The summed E-state index contributed by atoms with van der Waals surface area (Å²) in [7, 11) is 0. The number of rotatable bonds is 5. The molecule has 0 fully saturated rings. The lowest BCUT2D eigenvalue weighted by Crippen LogP contribution is -2.12. The molecular weight excluding hydrogens is 282 g/mol. The average molecular weight is 303 g/mol. The predicted molar refractivity (Wildman–Crippen MR) is 85.7 cm³/mol. The standard InChI is InChI=1S/C16H21N3OS/c20-15(9-6-12-19-10-4-5-11-19)18-16-17-13-7-2-1-3-8-14(13)21-16/h4-5,10-11H,1-3,6-9,12H2,(H,17,18,20). The van der Waals surface area contributed by atoms with Crippen LogP contribution in [0.4, 0.5) is 5.13 Å². The van der Waals surface area contributed by atoms with Crippen molar-refractivity contribution in [2.45, 2.75) is 51.5 Å². The van der Waals surface area contributed by atoms with Crippen LogP contribution in [-0.2, 0) is 24.2 Å². The van der Waals surface area contributed by atoms with Crippen LogP contribution in [0, 0.1) is 0 Å². The van der Waals surface area contributed by atoms with Gasteiger partial charge >= 0.3 is 0 Å². The van der Waals surface area contributed by atoms with Crippen LogP contribution >= 0.6 is 11.3 Å². The number of anilines is 1. The van der Waals surface area contributed by atoms with Crippen LogP contribution in [0.15, 0.2) is 24.5 Å². The summed E-state index contributed by atoms with van der Waals surface area (Å²) < 4.78 is 2.10. The summed E-state index contributed by atoms with van der Waals surface area (Å²) in [6, 6.07) is 4.01. The van der Waals surface area contributed by atoms with Crippen LogP contribution in [0.5, 0.6) is 0 Å². The second kappa shape index (κ2) is 6.89. The predicted octanol–water partition coefficient (Wildman–Crippen LogP) is 3.63. The zero-order chi connectivity index (χ0) is 14.5. The number of aromatic nitrogens is 2. The maximum absolute atomic E-state index is 12.0. The van der Waals surface area contributed by atoms with E-state index in [1.807, 2.05) is 24.5 Å². The number of nitrogens with one attached hydrogen (secondary N) is 1. The third-order valence-electron chi connectivity index (χ3n) is 3.83. The van der Waals surface area contributed by atoms with Gasteiger partial charge in [-0.05, 0) is 44.2 Å². The SMILES string of the molecule is O=C(CCCn1cccc1)Nc1nc2c(s1)CCCCC2. The fourth-order valence-corrected chi connectivity index (χ4v) is 3.77. The minimum absolute atomic E-state index is 0.0751. The van der Waals surface area contributed by atoms with Crippen molar-refractivity contribution in [3.8, 4) is 0 Å². The number of fused-ring (bicyclic) bond motifs is 1. The van der Waals surface area contributed by atoms with Crippen molar-refractivity contribution in [3.63, 3.8) is 0 Å². The summed E-state index contributed by atoms with van der Waals surface area (Å²) in [4.78, 5) is 17.9. The van der Waals surface area contributed by atoms with Gasteiger partial charge in [-0.2, -0.15) is 0 Å². The molecule has 2 aromatic rings. The maximum Gasteiger partial charge on any atom is 0.226 e. The van der Waals surface area contributed by atoms with E-state index in [1.165, 1.54) is 29.8 Å². The highest BCUT2D eigenvalue weighted by atomic mass is 32.1. The van der Waals surface area contributed by atoms with Gasteiger partial charge in [0.1, 0.15) is 0 Å². The second-order valence-electron chi connectivity index (χ2n) is 5.52. The molecule has 5 heteroatoms. The molecule has 4 nitrogen and oxygen atoms in total. The molecule has 1 N–H and O–H groups in total. The highest BCUT2D eigenvalue weighted by molar-refractivity contribution is 7.15. The van der Waals surface area contributed by atoms with E-state index >= 15 is 0 Å². The summed E-state index contributed by atoms with van der Waals surface area (Å²) >= 11 is 1.66. The Balaban J connectivity index is 1.48. The van der Waals surface area contributed by atoms with Gasteiger partial charge in [-0.25, -0.2) is 4.98 Å². The molecule has 0 atom stereocenters. The molecule has 2 aromatic heterocycles. The number of hydrogen-bond acceptors (Lipinski definition) is 3. The third kappa shape index (κ3) is 3.94. The lowest BCUT2D eigenvalue weighted by atomic mass is 10.2. The van der Waals surface area contributed by atoms with E-state index in [-0.39, 0.29) is 5.91 Å². The van der Waals surface area contributed by atoms with E-state index in [0.717, 1.165) is 30.9 Å². The lowest BCUT2D eigenvalue weighted by molar-refractivity contribution is -0.116. The molecule has 0 saturated carbocycles. The Bertz CT molecular complexity index is 565. The third-order valence-corrected chi connectivity index (χ3v) is 4.90. The first-order valence-electron chi connectivity index (χ1n) is 7.70. The second-order valence-corrected chi connectivity index (χ2v) is 6.61. The summed E-state index contributed by atoms with van der Waals surface area (Å²) in [5, 5.41) is 3.74. The van der Waals surface area contributed by atoms with E-state index in [9.17, 15) is 4.79 Å². The molecule has 112 valence electrons. The summed E-state index contributed by atoms with van der Waals surface area (Å²) in [5.74, 6) is 0.0751. The Kier molecular flexibility index (Phi) is 4.70. The minimum atomic E-state index is 0.0751. The van der Waals surface area contributed by atoms with Crippen molar-refractivity contribution >= 4 is 22.4 Å². The van der Waals surface area contributed by atoms with Gasteiger partial charge in [-0.3, -0.25) is 4.79 Å². The highest BCUT2D eigenvalue weighted by Crippen LogP contribution is 2.28. The molecule has 0 aromatic carbocycles. The normalized spacial score (nSPS) is 14.5. The van der Waals surface area contributed by atoms with Crippen molar-refractivity contribution in [1.82, 2.24) is 9.55 Å². The molecule has 0 spiro atoms. The molecule has 0 aliphatic heterocycles. The van der Waals surface area contributed by atoms with Gasteiger partial charge < -0.3 is 9.88 Å². The van der Waals surface area contributed by atoms with Crippen LogP contribution in [0.2, 0.25) is 0 Å². The van der Waals surface area contributed by atoms with Crippen LogP contribution in [0.1, 0.15) is 42.7 Å². The Labute approximate surface area is 129 Å². The van der Waals surface area contributed by atoms with Gasteiger partial charge in [0.25, 0.3) is 0 Å².